The van der Waals surface area contributed by atoms with Crippen LogP contribution in [0.15, 0.2) is 60.8 Å². The molecular weight excluding hydrogens is 364 g/mol. The second-order valence-corrected chi connectivity index (χ2v) is 7.01. The van der Waals surface area contributed by atoms with Gasteiger partial charge in [-0.05, 0) is 35.9 Å². The molecule has 1 aliphatic rings. The summed E-state index contributed by atoms with van der Waals surface area (Å²) in [6, 6.07) is 17.9. The lowest BCUT2D eigenvalue weighted by molar-refractivity contribution is -0.117. The standard InChI is InChI=1S/C22H24N6O/c23-21(29)15-16-1-3-17(4-2-16)20-9-10-25-22(27-20)26-18-5-7-19(8-6-18)28-13-11-24-12-14-28/h1-10,24H,11-15H2,(H2,23,29)(H,25,26,27). The number of nitrogens with one attached hydrogen (secondary N) is 2. The van der Waals surface area contributed by atoms with Gasteiger partial charge < -0.3 is 21.3 Å². The molecule has 0 unspecified atom stereocenters. The highest BCUT2D eigenvalue weighted by molar-refractivity contribution is 5.77. The van der Waals surface area contributed by atoms with Crippen LogP contribution in [0.1, 0.15) is 5.56 Å². The zero-order valence-electron chi connectivity index (χ0n) is 16.1. The minimum absolute atomic E-state index is 0.237. The van der Waals surface area contributed by atoms with Gasteiger partial charge in [0.05, 0.1) is 12.1 Å². The lowest BCUT2D eigenvalue weighted by Gasteiger charge is -2.29. The number of carbonyl (C=O) groups is 1. The van der Waals surface area contributed by atoms with Gasteiger partial charge in [-0.2, -0.15) is 0 Å². The summed E-state index contributed by atoms with van der Waals surface area (Å²) in [6.07, 6.45) is 1.97. The van der Waals surface area contributed by atoms with Crippen LogP contribution in [0.4, 0.5) is 17.3 Å². The molecule has 0 aliphatic carbocycles. The Morgan fingerprint density at radius 1 is 1.03 bits per heavy atom. The molecule has 7 heteroatoms. The highest BCUT2D eigenvalue weighted by Crippen LogP contribution is 2.22. The first kappa shape index (κ1) is 18.9. The lowest BCUT2D eigenvalue weighted by Crippen LogP contribution is -2.43. The van der Waals surface area contributed by atoms with E-state index in [1.807, 2.05) is 42.5 Å². The number of nitrogens with two attached hydrogens (primary N) is 1. The number of hydrogen-bond acceptors (Lipinski definition) is 6. The Balaban J connectivity index is 1.45. The molecule has 0 radical (unpaired) electrons. The van der Waals surface area contributed by atoms with Gasteiger partial charge >= 0.3 is 0 Å². The maximum absolute atomic E-state index is 11.0. The highest BCUT2D eigenvalue weighted by atomic mass is 16.1. The summed E-state index contributed by atoms with van der Waals surface area (Å²) in [4.78, 5) is 22.4. The first-order chi connectivity index (χ1) is 14.2. The number of rotatable bonds is 6. The van der Waals surface area contributed by atoms with Crippen LogP contribution in [0, 0.1) is 0 Å². The van der Waals surface area contributed by atoms with Crippen LogP contribution in [-0.4, -0.2) is 42.1 Å². The normalized spacial score (nSPS) is 13.9. The molecule has 29 heavy (non-hydrogen) atoms. The van der Waals surface area contributed by atoms with Gasteiger partial charge in [-0.3, -0.25) is 4.79 Å². The van der Waals surface area contributed by atoms with Gasteiger partial charge in [0, 0.05) is 49.3 Å². The van der Waals surface area contributed by atoms with Crippen molar-refractivity contribution in [2.45, 2.75) is 6.42 Å². The van der Waals surface area contributed by atoms with Crippen molar-refractivity contribution in [1.82, 2.24) is 15.3 Å². The molecule has 0 bridgehead atoms. The molecule has 3 aromatic rings. The Bertz CT molecular complexity index is 965. The Morgan fingerprint density at radius 2 is 1.76 bits per heavy atom. The maximum atomic E-state index is 11.0. The molecule has 1 aliphatic heterocycles. The summed E-state index contributed by atoms with van der Waals surface area (Å²) in [5.41, 5.74) is 10.1. The average Bonchev–Trinajstić information content (AvgIpc) is 2.75. The zero-order chi connectivity index (χ0) is 20.1. The zero-order valence-corrected chi connectivity index (χ0v) is 16.1. The molecule has 4 N–H and O–H groups in total. The van der Waals surface area contributed by atoms with Crippen LogP contribution < -0.4 is 21.3 Å². The van der Waals surface area contributed by atoms with Crippen LogP contribution in [0.5, 0.6) is 0 Å². The van der Waals surface area contributed by atoms with Crippen LogP contribution in [0.3, 0.4) is 0 Å². The Hall–Kier alpha value is -3.45. The van der Waals surface area contributed by atoms with Crippen molar-refractivity contribution >= 4 is 23.2 Å². The van der Waals surface area contributed by atoms with Crippen LogP contribution in [0.2, 0.25) is 0 Å². The number of piperazine rings is 1. The number of aromatic nitrogens is 2. The second-order valence-electron chi connectivity index (χ2n) is 7.01. The molecule has 4 rings (SSSR count). The van der Waals surface area contributed by atoms with Crippen molar-refractivity contribution in [3.05, 3.63) is 66.4 Å². The number of primary amides is 1. The van der Waals surface area contributed by atoms with Gasteiger partial charge in [-0.25, -0.2) is 9.97 Å². The van der Waals surface area contributed by atoms with Crippen molar-refractivity contribution in [3.63, 3.8) is 0 Å². The number of carbonyl (C=O) groups excluding carboxylic acids is 1. The summed E-state index contributed by atoms with van der Waals surface area (Å²) in [5, 5.41) is 6.63. The fourth-order valence-corrected chi connectivity index (χ4v) is 3.38. The second kappa shape index (κ2) is 8.70. The van der Waals surface area contributed by atoms with Gasteiger partial charge in [0.1, 0.15) is 0 Å². The predicted octanol–water partition coefficient (Wildman–Crippen LogP) is 2.32. The van der Waals surface area contributed by atoms with Crippen molar-refractivity contribution < 1.29 is 4.79 Å². The smallest absolute Gasteiger partial charge is 0.227 e. The third kappa shape index (κ3) is 4.89. The van der Waals surface area contributed by atoms with Crippen molar-refractivity contribution in [2.75, 3.05) is 36.4 Å². The summed E-state index contributed by atoms with van der Waals surface area (Å²) >= 11 is 0. The van der Waals surface area contributed by atoms with Crippen LogP contribution in [-0.2, 0) is 11.2 Å². The molecule has 1 saturated heterocycles. The summed E-state index contributed by atoms with van der Waals surface area (Å²) < 4.78 is 0. The predicted molar refractivity (Wildman–Crippen MR) is 115 cm³/mol. The molecule has 148 valence electrons. The summed E-state index contributed by atoms with van der Waals surface area (Å²) in [7, 11) is 0. The minimum atomic E-state index is -0.339. The Kier molecular flexibility index (Phi) is 5.67. The summed E-state index contributed by atoms with van der Waals surface area (Å²) in [5.74, 6) is 0.202. The monoisotopic (exact) mass is 388 g/mol. The SMILES string of the molecule is NC(=O)Cc1ccc(-c2ccnc(Nc3ccc(N4CCNCC4)cc3)n2)cc1. The van der Waals surface area contributed by atoms with E-state index in [9.17, 15) is 4.79 Å². The molecule has 1 aromatic heterocycles. The van der Waals surface area contributed by atoms with Crippen molar-refractivity contribution in [3.8, 4) is 11.3 Å². The highest BCUT2D eigenvalue weighted by Gasteiger charge is 2.10. The van der Waals surface area contributed by atoms with Crippen LogP contribution >= 0.6 is 0 Å². The van der Waals surface area contributed by atoms with Gasteiger partial charge in [0.25, 0.3) is 0 Å². The third-order valence-electron chi connectivity index (χ3n) is 4.89. The van der Waals surface area contributed by atoms with Crippen molar-refractivity contribution in [2.24, 2.45) is 5.73 Å². The van der Waals surface area contributed by atoms with E-state index in [1.54, 1.807) is 6.20 Å². The fraction of sp³-hybridized carbons (Fsp3) is 0.227. The molecule has 2 aromatic carbocycles. The Labute approximate surface area is 170 Å². The molecule has 0 spiro atoms. The number of benzene rings is 2. The van der Waals surface area contributed by atoms with E-state index in [4.69, 9.17) is 5.73 Å². The van der Waals surface area contributed by atoms with Gasteiger partial charge in [-0.1, -0.05) is 24.3 Å². The summed E-state index contributed by atoms with van der Waals surface area (Å²) in [6.45, 7) is 4.08. The number of anilines is 3. The van der Waals surface area contributed by atoms with E-state index >= 15 is 0 Å². The van der Waals surface area contributed by atoms with Gasteiger partial charge in [0.2, 0.25) is 11.9 Å². The first-order valence-electron chi connectivity index (χ1n) is 9.71. The first-order valence-corrected chi connectivity index (χ1v) is 9.71. The molecule has 1 amide bonds. The molecular formula is C22H24N6O. The van der Waals surface area contributed by atoms with E-state index in [2.05, 4.69) is 37.6 Å². The molecule has 0 atom stereocenters. The third-order valence-corrected chi connectivity index (χ3v) is 4.89. The van der Waals surface area contributed by atoms with E-state index < -0.39 is 0 Å². The van der Waals surface area contributed by atoms with Crippen molar-refractivity contribution in [1.29, 1.82) is 0 Å². The lowest BCUT2D eigenvalue weighted by atomic mass is 10.1. The topological polar surface area (TPSA) is 96.2 Å². The number of amides is 1. The largest absolute Gasteiger partial charge is 0.369 e. The van der Waals surface area contributed by atoms with E-state index in [0.717, 1.165) is 48.7 Å². The Morgan fingerprint density at radius 3 is 2.45 bits per heavy atom. The molecule has 0 saturated carbocycles. The molecule has 7 nitrogen and oxygen atoms in total. The van der Waals surface area contributed by atoms with E-state index in [1.165, 1.54) is 5.69 Å². The van der Waals surface area contributed by atoms with Gasteiger partial charge in [0.15, 0.2) is 0 Å². The van der Waals surface area contributed by atoms with Gasteiger partial charge in [-0.15, -0.1) is 0 Å². The molecule has 2 heterocycles. The quantitative estimate of drug-likeness (QED) is 0.600. The maximum Gasteiger partial charge on any atom is 0.227 e. The average molecular weight is 388 g/mol. The number of hydrogen-bond donors (Lipinski definition) is 3. The fourth-order valence-electron chi connectivity index (χ4n) is 3.38. The van der Waals surface area contributed by atoms with Crippen LogP contribution in [0.25, 0.3) is 11.3 Å². The van der Waals surface area contributed by atoms with E-state index in [-0.39, 0.29) is 12.3 Å². The van der Waals surface area contributed by atoms with E-state index in [0.29, 0.717) is 5.95 Å². The number of nitrogens with zero attached hydrogens (tertiary/aromatic N) is 3. The minimum Gasteiger partial charge on any atom is -0.369 e. The molecule has 1 fully saturated rings.